The summed E-state index contributed by atoms with van der Waals surface area (Å²) in [6, 6.07) is 16.8. The van der Waals surface area contributed by atoms with Gasteiger partial charge < -0.3 is 19.5 Å². The molecule has 0 bridgehead atoms. The van der Waals surface area contributed by atoms with E-state index in [1.54, 1.807) is 30.3 Å². The minimum Gasteiger partial charge on any atom is -0.457 e. The number of rotatable bonds is 5. The molecule has 1 aliphatic rings. The summed E-state index contributed by atoms with van der Waals surface area (Å²) in [6.45, 7) is 4.12. The van der Waals surface area contributed by atoms with Gasteiger partial charge in [0.15, 0.2) is 5.11 Å². The van der Waals surface area contributed by atoms with Crippen molar-refractivity contribution in [1.82, 2.24) is 10.2 Å². The lowest BCUT2D eigenvalue weighted by Crippen LogP contribution is -2.44. The molecule has 1 amide bonds. The lowest BCUT2D eigenvalue weighted by Gasteiger charge is -2.34. The van der Waals surface area contributed by atoms with Crippen LogP contribution < -0.4 is 15.5 Å². The topological polar surface area (TPSA) is 60.8 Å². The van der Waals surface area contributed by atoms with Gasteiger partial charge in [-0.15, -0.1) is 0 Å². The van der Waals surface area contributed by atoms with Crippen LogP contribution in [0.4, 0.5) is 11.4 Å². The summed E-state index contributed by atoms with van der Waals surface area (Å²) in [4.78, 5) is 16.9. The fraction of sp³-hybridized carbons (Fsp3) is 0.200. The van der Waals surface area contributed by atoms with Gasteiger partial charge in [-0.05, 0) is 73.9 Å². The third-order valence-corrected chi connectivity index (χ3v) is 6.50. The van der Waals surface area contributed by atoms with Crippen molar-refractivity contribution in [1.29, 1.82) is 0 Å². The Morgan fingerprint density at radius 3 is 2.50 bits per heavy atom. The number of amides is 1. The number of nitrogens with one attached hydrogen (secondary N) is 2. The molecule has 9 heteroatoms. The molecule has 1 aliphatic heterocycles. The molecule has 6 nitrogen and oxygen atoms in total. The molecule has 4 rings (SSSR count). The number of hydrogen-bond acceptors (Lipinski definition) is 5. The minimum absolute atomic E-state index is 0.216. The number of benzene rings is 2. The molecule has 0 saturated carbocycles. The third-order valence-electron chi connectivity index (χ3n) is 5.47. The molecule has 3 aromatic rings. The van der Waals surface area contributed by atoms with E-state index in [0.717, 1.165) is 31.9 Å². The zero-order valence-corrected chi connectivity index (χ0v) is 20.9. The molecule has 2 aromatic carbocycles. The largest absolute Gasteiger partial charge is 0.457 e. The Morgan fingerprint density at radius 2 is 1.76 bits per heavy atom. The van der Waals surface area contributed by atoms with Gasteiger partial charge in [0.2, 0.25) is 5.91 Å². The molecule has 0 spiro atoms. The molecule has 0 aliphatic carbocycles. The molecule has 34 heavy (non-hydrogen) atoms. The molecule has 176 valence electrons. The van der Waals surface area contributed by atoms with Crippen LogP contribution in [0, 0.1) is 0 Å². The van der Waals surface area contributed by atoms with E-state index in [2.05, 4.69) is 39.6 Å². The highest BCUT2D eigenvalue weighted by molar-refractivity contribution is 7.80. The lowest BCUT2D eigenvalue weighted by atomic mass is 10.2. The molecule has 0 unspecified atom stereocenters. The number of thiocarbonyl (C=S) groups is 1. The summed E-state index contributed by atoms with van der Waals surface area (Å²) in [5.74, 6) is 0.689. The van der Waals surface area contributed by atoms with Gasteiger partial charge in [0, 0.05) is 49.2 Å². The van der Waals surface area contributed by atoms with E-state index < -0.39 is 0 Å². The maximum atomic E-state index is 12.3. The van der Waals surface area contributed by atoms with Crippen molar-refractivity contribution in [2.75, 3.05) is 43.4 Å². The fourth-order valence-corrected chi connectivity index (χ4v) is 4.19. The molecule has 0 radical (unpaired) electrons. The Kier molecular flexibility index (Phi) is 7.90. The summed E-state index contributed by atoms with van der Waals surface area (Å²) in [5.41, 5.74) is 2.66. The Balaban J connectivity index is 1.29. The third kappa shape index (κ3) is 6.18. The standard InChI is InChI=1S/C25H24Cl2N4O2S/c1-30-13-15-31(16-14-30)18-7-5-17(6-8-18)28-25(34)29-23(32)12-10-19-9-11-22(33-19)20-3-2-4-21(26)24(20)27/h2-12H,13-16H2,1H3,(H2,28,29,32,34). The smallest absolute Gasteiger partial charge is 0.250 e. The highest BCUT2D eigenvalue weighted by Gasteiger charge is 2.14. The van der Waals surface area contributed by atoms with Crippen molar-refractivity contribution < 1.29 is 9.21 Å². The van der Waals surface area contributed by atoms with Crippen LogP contribution in [0.1, 0.15) is 5.76 Å². The molecule has 2 heterocycles. The first kappa shape index (κ1) is 24.3. The van der Waals surface area contributed by atoms with E-state index in [4.69, 9.17) is 39.8 Å². The zero-order chi connectivity index (χ0) is 24.1. The summed E-state index contributed by atoms with van der Waals surface area (Å²) in [5, 5.41) is 6.75. The molecule has 0 atom stereocenters. The van der Waals surface area contributed by atoms with E-state index >= 15 is 0 Å². The Morgan fingerprint density at radius 1 is 1.03 bits per heavy atom. The zero-order valence-electron chi connectivity index (χ0n) is 18.6. The van der Waals surface area contributed by atoms with Gasteiger partial charge in [-0.1, -0.05) is 29.3 Å². The number of carbonyl (C=O) groups is 1. The van der Waals surface area contributed by atoms with Crippen LogP contribution in [0.15, 0.2) is 65.1 Å². The van der Waals surface area contributed by atoms with Crippen LogP contribution in [0.25, 0.3) is 17.4 Å². The Bertz CT molecular complexity index is 1200. The van der Waals surface area contributed by atoms with E-state index in [1.165, 1.54) is 11.8 Å². The summed E-state index contributed by atoms with van der Waals surface area (Å²) < 4.78 is 5.76. The predicted octanol–water partition coefficient (Wildman–Crippen LogP) is 5.53. The van der Waals surface area contributed by atoms with Crippen LogP contribution in [-0.2, 0) is 4.79 Å². The molecular formula is C25H24Cl2N4O2S. The molecule has 1 fully saturated rings. The van der Waals surface area contributed by atoms with Gasteiger partial charge in [-0.25, -0.2) is 0 Å². The van der Waals surface area contributed by atoms with E-state index in [9.17, 15) is 4.79 Å². The van der Waals surface area contributed by atoms with Crippen molar-refractivity contribution in [2.24, 2.45) is 0 Å². The van der Waals surface area contributed by atoms with Crippen LogP contribution in [0.5, 0.6) is 0 Å². The highest BCUT2D eigenvalue weighted by Crippen LogP contribution is 2.34. The second-order valence-corrected chi connectivity index (χ2v) is 9.11. The first-order valence-corrected chi connectivity index (χ1v) is 11.9. The fourth-order valence-electron chi connectivity index (χ4n) is 3.58. The quantitative estimate of drug-likeness (QED) is 0.344. The number of carbonyl (C=O) groups excluding carboxylic acids is 1. The van der Waals surface area contributed by atoms with Gasteiger partial charge in [-0.2, -0.15) is 0 Å². The monoisotopic (exact) mass is 514 g/mol. The number of nitrogens with zero attached hydrogens (tertiary/aromatic N) is 2. The average molecular weight is 515 g/mol. The maximum Gasteiger partial charge on any atom is 0.250 e. The van der Waals surface area contributed by atoms with E-state index in [-0.39, 0.29) is 11.0 Å². The van der Waals surface area contributed by atoms with Gasteiger partial charge in [-0.3, -0.25) is 10.1 Å². The van der Waals surface area contributed by atoms with Crippen molar-refractivity contribution in [3.05, 3.63) is 76.5 Å². The van der Waals surface area contributed by atoms with E-state index in [1.807, 2.05) is 18.2 Å². The van der Waals surface area contributed by atoms with Gasteiger partial charge in [0.05, 0.1) is 10.0 Å². The molecule has 1 aromatic heterocycles. The first-order valence-electron chi connectivity index (χ1n) is 10.8. The molecule has 1 saturated heterocycles. The average Bonchev–Trinajstić information content (AvgIpc) is 3.29. The molecular weight excluding hydrogens is 491 g/mol. The first-order chi connectivity index (χ1) is 16.4. The van der Waals surface area contributed by atoms with Gasteiger partial charge >= 0.3 is 0 Å². The van der Waals surface area contributed by atoms with E-state index in [0.29, 0.717) is 27.1 Å². The lowest BCUT2D eigenvalue weighted by molar-refractivity contribution is -0.115. The highest BCUT2D eigenvalue weighted by atomic mass is 35.5. The van der Waals surface area contributed by atoms with Gasteiger partial charge in [0.1, 0.15) is 11.5 Å². The predicted molar refractivity (Wildman–Crippen MR) is 144 cm³/mol. The summed E-state index contributed by atoms with van der Waals surface area (Å²) >= 11 is 17.6. The van der Waals surface area contributed by atoms with Crippen LogP contribution in [0.3, 0.4) is 0 Å². The Labute approximate surface area is 214 Å². The maximum absolute atomic E-state index is 12.3. The van der Waals surface area contributed by atoms with Crippen molar-refractivity contribution in [2.45, 2.75) is 0 Å². The number of anilines is 2. The molecule has 2 N–H and O–H groups in total. The number of furan rings is 1. The van der Waals surface area contributed by atoms with Gasteiger partial charge in [0.25, 0.3) is 0 Å². The number of piperazine rings is 1. The van der Waals surface area contributed by atoms with Crippen molar-refractivity contribution in [3.63, 3.8) is 0 Å². The van der Waals surface area contributed by atoms with Crippen molar-refractivity contribution in [3.8, 4) is 11.3 Å². The second kappa shape index (κ2) is 11.1. The number of hydrogen-bond donors (Lipinski definition) is 2. The normalized spacial score (nSPS) is 14.4. The van der Waals surface area contributed by atoms with Crippen LogP contribution in [0.2, 0.25) is 10.0 Å². The number of halogens is 2. The minimum atomic E-state index is -0.370. The second-order valence-electron chi connectivity index (χ2n) is 7.92. The van der Waals surface area contributed by atoms with Crippen LogP contribution >= 0.6 is 35.4 Å². The SMILES string of the molecule is CN1CCN(c2ccc(NC(=S)NC(=O)C=Cc3ccc(-c4cccc(Cl)c4Cl)o3)cc2)CC1. The summed E-state index contributed by atoms with van der Waals surface area (Å²) in [7, 11) is 2.14. The Hall–Kier alpha value is -2.84. The van der Waals surface area contributed by atoms with Crippen LogP contribution in [-0.4, -0.2) is 49.1 Å². The summed E-state index contributed by atoms with van der Waals surface area (Å²) in [6.07, 6.45) is 2.91. The number of likely N-dealkylation sites (N-methyl/N-ethyl adjacent to an activating group) is 1. The van der Waals surface area contributed by atoms with Crippen molar-refractivity contribution >= 4 is 63.9 Å².